The molecule has 0 saturated carbocycles. The summed E-state index contributed by atoms with van der Waals surface area (Å²) in [5, 5.41) is 3.44. The van der Waals surface area contributed by atoms with Gasteiger partial charge in [-0.05, 0) is 26.0 Å². The number of benzene rings is 1. The molecule has 1 amide bonds. The zero-order valence-corrected chi connectivity index (χ0v) is 15.8. The minimum absolute atomic E-state index is 0.0271. The highest BCUT2D eigenvalue weighted by Gasteiger charge is 2.25. The Kier molecular flexibility index (Phi) is 4.64. The summed E-state index contributed by atoms with van der Waals surface area (Å²) in [6, 6.07) is 8.35. The second-order valence-corrected chi connectivity index (χ2v) is 7.90. The van der Waals surface area contributed by atoms with Crippen LogP contribution in [0.3, 0.4) is 0 Å². The molecule has 8 heteroatoms. The standard InChI is InChI=1S/C18H21N3O4S/c1-11-14-7-5-6-8-16(14)25-17(11)12(2)20-26(23,24)13-9-15(18(22)19-3)21(4)10-13/h5-10,12,20H,1-4H3,(H,19,22)/t12-/m0/s1. The van der Waals surface area contributed by atoms with Gasteiger partial charge in [0.1, 0.15) is 21.9 Å². The summed E-state index contributed by atoms with van der Waals surface area (Å²) in [5.41, 5.74) is 1.88. The van der Waals surface area contributed by atoms with Crippen LogP contribution in [0.4, 0.5) is 0 Å². The molecule has 0 spiro atoms. The number of furan rings is 1. The zero-order valence-electron chi connectivity index (χ0n) is 15.0. The van der Waals surface area contributed by atoms with Gasteiger partial charge >= 0.3 is 0 Å². The van der Waals surface area contributed by atoms with Gasteiger partial charge in [0, 0.05) is 31.2 Å². The van der Waals surface area contributed by atoms with Crippen molar-refractivity contribution in [3.05, 3.63) is 53.5 Å². The van der Waals surface area contributed by atoms with Gasteiger partial charge in [-0.2, -0.15) is 0 Å². The maximum atomic E-state index is 12.7. The number of hydrogen-bond donors (Lipinski definition) is 2. The number of rotatable bonds is 5. The second-order valence-electron chi connectivity index (χ2n) is 6.18. The molecule has 0 bridgehead atoms. The summed E-state index contributed by atoms with van der Waals surface area (Å²) in [4.78, 5) is 11.8. The van der Waals surface area contributed by atoms with E-state index in [4.69, 9.17) is 4.42 Å². The second kappa shape index (κ2) is 6.62. The van der Waals surface area contributed by atoms with Crippen LogP contribution in [-0.4, -0.2) is 25.9 Å². The number of aryl methyl sites for hydroxylation is 2. The third kappa shape index (κ3) is 3.13. The largest absolute Gasteiger partial charge is 0.459 e. The van der Waals surface area contributed by atoms with Gasteiger partial charge in [0.05, 0.1) is 6.04 Å². The quantitative estimate of drug-likeness (QED) is 0.716. The van der Waals surface area contributed by atoms with E-state index >= 15 is 0 Å². The molecule has 0 saturated heterocycles. The van der Waals surface area contributed by atoms with E-state index in [1.807, 2.05) is 31.2 Å². The summed E-state index contributed by atoms with van der Waals surface area (Å²) < 4.78 is 35.4. The Labute approximate surface area is 152 Å². The maximum absolute atomic E-state index is 12.7. The molecule has 7 nitrogen and oxygen atoms in total. The topological polar surface area (TPSA) is 93.3 Å². The lowest BCUT2D eigenvalue weighted by Gasteiger charge is -2.12. The Morgan fingerprint density at radius 1 is 1.27 bits per heavy atom. The summed E-state index contributed by atoms with van der Waals surface area (Å²) >= 11 is 0. The fourth-order valence-corrected chi connectivity index (χ4v) is 4.27. The van der Waals surface area contributed by atoms with Gasteiger partial charge in [-0.15, -0.1) is 0 Å². The van der Waals surface area contributed by atoms with Crippen LogP contribution in [0.5, 0.6) is 0 Å². The molecule has 0 aliphatic rings. The first-order valence-corrected chi connectivity index (χ1v) is 9.61. The predicted molar refractivity (Wildman–Crippen MR) is 98.5 cm³/mol. The fraction of sp³-hybridized carbons (Fsp3) is 0.278. The molecule has 2 heterocycles. The first kappa shape index (κ1) is 18.2. The number of carbonyl (C=O) groups excluding carboxylic acids is 1. The third-order valence-electron chi connectivity index (χ3n) is 4.36. The molecule has 0 aliphatic heterocycles. The van der Waals surface area contributed by atoms with Gasteiger partial charge in [0.15, 0.2) is 0 Å². The molecular weight excluding hydrogens is 354 g/mol. The summed E-state index contributed by atoms with van der Waals surface area (Å²) in [6.07, 6.45) is 1.41. The van der Waals surface area contributed by atoms with E-state index in [1.54, 1.807) is 14.0 Å². The van der Waals surface area contributed by atoms with Crippen molar-refractivity contribution in [2.75, 3.05) is 7.05 Å². The molecule has 3 aromatic rings. The molecule has 1 atom stereocenters. The fourth-order valence-electron chi connectivity index (χ4n) is 3.00. The summed E-state index contributed by atoms with van der Waals surface area (Å²) in [6.45, 7) is 3.63. The molecule has 0 radical (unpaired) electrons. The van der Waals surface area contributed by atoms with Crippen molar-refractivity contribution in [3.63, 3.8) is 0 Å². The number of sulfonamides is 1. The van der Waals surface area contributed by atoms with Crippen LogP contribution in [-0.2, 0) is 17.1 Å². The van der Waals surface area contributed by atoms with Gasteiger partial charge in [0.25, 0.3) is 5.91 Å². The number of amides is 1. The van der Waals surface area contributed by atoms with Crippen molar-refractivity contribution >= 4 is 26.9 Å². The molecule has 2 aromatic heterocycles. The van der Waals surface area contributed by atoms with E-state index in [0.29, 0.717) is 11.3 Å². The molecule has 0 unspecified atom stereocenters. The third-order valence-corrected chi connectivity index (χ3v) is 5.86. The highest BCUT2D eigenvalue weighted by molar-refractivity contribution is 7.89. The van der Waals surface area contributed by atoms with E-state index in [0.717, 1.165) is 10.9 Å². The van der Waals surface area contributed by atoms with Gasteiger partial charge in [-0.1, -0.05) is 18.2 Å². The number of carbonyl (C=O) groups is 1. The molecule has 0 fully saturated rings. The molecule has 2 N–H and O–H groups in total. The molecular formula is C18H21N3O4S. The van der Waals surface area contributed by atoms with E-state index < -0.39 is 16.1 Å². The van der Waals surface area contributed by atoms with Gasteiger partial charge < -0.3 is 14.3 Å². The Balaban J connectivity index is 1.91. The van der Waals surface area contributed by atoms with Crippen LogP contribution in [0.1, 0.15) is 34.8 Å². The highest BCUT2D eigenvalue weighted by Crippen LogP contribution is 2.30. The van der Waals surface area contributed by atoms with Gasteiger partial charge in [-0.3, -0.25) is 4.79 Å². The Hall–Kier alpha value is -2.58. The van der Waals surface area contributed by atoms with E-state index in [-0.39, 0.29) is 16.5 Å². The van der Waals surface area contributed by atoms with Crippen molar-refractivity contribution in [2.45, 2.75) is 24.8 Å². The van der Waals surface area contributed by atoms with Crippen LogP contribution in [0.15, 0.2) is 45.8 Å². The lowest BCUT2D eigenvalue weighted by molar-refractivity contribution is 0.0955. The Morgan fingerprint density at radius 2 is 1.96 bits per heavy atom. The molecule has 3 rings (SSSR count). The van der Waals surface area contributed by atoms with Crippen LogP contribution in [0, 0.1) is 6.92 Å². The average Bonchev–Trinajstić information content (AvgIpc) is 3.15. The first-order valence-electron chi connectivity index (χ1n) is 8.13. The van der Waals surface area contributed by atoms with Crippen molar-refractivity contribution in [3.8, 4) is 0 Å². The number of nitrogens with one attached hydrogen (secondary N) is 2. The van der Waals surface area contributed by atoms with Crippen molar-refractivity contribution in [1.82, 2.24) is 14.6 Å². The lowest BCUT2D eigenvalue weighted by atomic mass is 10.1. The smallest absolute Gasteiger partial charge is 0.267 e. The Bertz CT molecular complexity index is 1080. The molecule has 138 valence electrons. The number of fused-ring (bicyclic) bond motifs is 1. The SMILES string of the molecule is CNC(=O)c1cc(S(=O)(=O)N[C@@H](C)c2oc3ccccc3c2C)cn1C. The van der Waals surface area contributed by atoms with Crippen molar-refractivity contribution < 1.29 is 17.6 Å². The van der Waals surface area contributed by atoms with Crippen LogP contribution in [0.25, 0.3) is 11.0 Å². The van der Waals surface area contributed by atoms with Crippen LogP contribution >= 0.6 is 0 Å². The summed E-state index contributed by atoms with van der Waals surface area (Å²) in [5.74, 6) is 0.215. The predicted octanol–water partition coefficient (Wildman–Crippen LogP) is 2.48. The van der Waals surface area contributed by atoms with Crippen molar-refractivity contribution in [2.24, 2.45) is 7.05 Å². The number of nitrogens with zero attached hydrogens (tertiary/aromatic N) is 1. The van der Waals surface area contributed by atoms with E-state index in [1.165, 1.54) is 23.9 Å². The number of hydrogen-bond acceptors (Lipinski definition) is 4. The van der Waals surface area contributed by atoms with E-state index in [2.05, 4.69) is 10.0 Å². The van der Waals surface area contributed by atoms with Crippen LogP contribution < -0.4 is 10.0 Å². The zero-order chi connectivity index (χ0) is 19.1. The molecule has 0 aliphatic carbocycles. The minimum Gasteiger partial charge on any atom is -0.459 e. The Morgan fingerprint density at radius 3 is 2.62 bits per heavy atom. The number of aromatic nitrogens is 1. The number of para-hydroxylation sites is 1. The average molecular weight is 375 g/mol. The highest BCUT2D eigenvalue weighted by atomic mass is 32.2. The monoisotopic (exact) mass is 375 g/mol. The maximum Gasteiger partial charge on any atom is 0.267 e. The van der Waals surface area contributed by atoms with Crippen LogP contribution in [0.2, 0.25) is 0 Å². The normalized spacial score (nSPS) is 13.1. The minimum atomic E-state index is -3.82. The first-order chi connectivity index (χ1) is 12.2. The molecule has 1 aromatic carbocycles. The molecule has 26 heavy (non-hydrogen) atoms. The van der Waals surface area contributed by atoms with Crippen molar-refractivity contribution in [1.29, 1.82) is 0 Å². The lowest BCUT2D eigenvalue weighted by Crippen LogP contribution is -2.26. The van der Waals surface area contributed by atoms with Gasteiger partial charge in [-0.25, -0.2) is 13.1 Å². The van der Waals surface area contributed by atoms with Gasteiger partial charge in [0.2, 0.25) is 10.0 Å². The summed E-state index contributed by atoms with van der Waals surface area (Å²) in [7, 11) is -0.700. The van der Waals surface area contributed by atoms with E-state index in [9.17, 15) is 13.2 Å².